The summed E-state index contributed by atoms with van der Waals surface area (Å²) in [4.78, 5) is 16.1. The number of pyridine rings is 1. The topological polar surface area (TPSA) is 89.2 Å². The molecule has 0 bridgehead atoms. The van der Waals surface area contributed by atoms with E-state index >= 15 is 0 Å². The molecule has 0 saturated heterocycles. The van der Waals surface area contributed by atoms with Gasteiger partial charge in [0.1, 0.15) is 11.9 Å². The second-order valence-corrected chi connectivity index (χ2v) is 8.57. The molecule has 1 aliphatic carbocycles. The van der Waals surface area contributed by atoms with Crippen LogP contribution < -0.4 is 21.0 Å². The Labute approximate surface area is 186 Å². The third kappa shape index (κ3) is 3.84. The monoisotopic (exact) mass is 435 g/mol. The quantitative estimate of drug-likeness (QED) is 0.637. The van der Waals surface area contributed by atoms with Crippen molar-refractivity contribution in [2.75, 3.05) is 19.4 Å². The van der Waals surface area contributed by atoms with Crippen LogP contribution >= 0.6 is 0 Å². The Kier molecular flexibility index (Phi) is 5.34. The van der Waals surface area contributed by atoms with Crippen LogP contribution in [0.4, 0.5) is 5.82 Å². The first kappa shape index (κ1) is 20.6. The number of aromatic nitrogens is 4. The highest BCUT2D eigenvalue weighted by atomic mass is 16.5. The molecule has 3 aromatic rings. The molecule has 1 fully saturated rings. The van der Waals surface area contributed by atoms with Crippen LogP contribution in [-0.2, 0) is 7.05 Å². The normalized spacial score (nSPS) is 23.1. The summed E-state index contributed by atoms with van der Waals surface area (Å²) in [5.41, 5.74) is 5.77. The Morgan fingerprint density at radius 3 is 2.69 bits per heavy atom. The average molecular weight is 436 g/mol. The molecule has 0 spiro atoms. The molecule has 32 heavy (non-hydrogen) atoms. The van der Waals surface area contributed by atoms with Crippen molar-refractivity contribution in [1.82, 2.24) is 29.8 Å². The molecule has 1 aliphatic heterocycles. The van der Waals surface area contributed by atoms with Crippen molar-refractivity contribution >= 4 is 16.7 Å². The van der Waals surface area contributed by atoms with E-state index < -0.39 is 0 Å². The minimum absolute atomic E-state index is 0.111. The highest BCUT2D eigenvalue weighted by Crippen LogP contribution is 2.37. The van der Waals surface area contributed by atoms with Crippen LogP contribution in [0.2, 0.25) is 0 Å². The summed E-state index contributed by atoms with van der Waals surface area (Å²) >= 11 is 0. The number of rotatable bonds is 5. The molecular formula is C23H29N7O2. The Hall–Kier alpha value is -3.33. The van der Waals surface area contributed by atoms with E-state index in [1.807, 2.05) is 25.3 Å². The van der Waals surface area contributed by atoms with E-state index in [9.17, 15) is 4.79 Å². The third-order valence-corrected chi connectivity index (χ3v) is 6.45. The number of nitrogens with one attached hydrogen (secondary N) is 2. The number of hydrogen-bond acceptors (Lipinski definition) is 7. The van der Waals surface area contributed by atoms with Crippen molar-refractivity contribution < 1.29 is 4.74 Å². The molecule has 1 atom stereocenters. The molecule has 0 aromatic carbocycles. The molecule has 3 aromatic heterocycles. The van der Waals surface area contributed by atoms with Crippen molar-refractivity contribution in [2.24, 2.45) is 7.05 Å². The van der Waals surface area contributed by atoms with Gasteiger partial charge in [0.2, 0.25) is 5.88 Å². The highest BCUT2D eigenvalue weighted by Gasteiger charge is 2.27. The number of hydrogen-bond donors (Lipinski definition) is 2. The number of anilines is 1. The molecule has 1 unspecified atom stereocenters. The molecule has 0 radical (unpaired) electrons. The first-order valence-corrected chi connectivity index (χ1v) is 11.1. The van der Waals surface area contributed by atoms with E-state index in [0.29, 0.717) is 11.9 Å². The lowest BCUT2D eigenvalue weighted by Gasteiger charge is -2.30. The number of aryl methyl sites for hydroxylation is 1. The van der Waals surface area contributed by atoms with E-state index in [-0.39, 0.29) is 17.7 Å². The lowest BCUT2D eigenvalue weighted by Crippen LogP contribution is -2.27. The number of hydrazine groups is 1. The fraction of sp³-hybridized carbons (Fsp3) is 0.435. The molecule has 9 nitrogen and oxygen atoms in total. The number of fused-ring (bicyclic) bond motifs is 1. The zero-order valence-electron chi connectivity index (χ0n) is 18.7. The smallest absolute Gasteiger partial charge is 0.266 e. The SMILES string of the molecule is CNc1cc2c(cn1)c(C1C=CN(C)N1)cn2C1CCC(Oc2ccc(=O)n(C)n2)CC1. The van der Waals surface area contributed by atoms with Gasteiger partial charge in [-0.05, 0) is 31.8 Å². The van der Waals surface area contributed by atoms with Gasteiger partial charge in [-0.1, -0.05) is 0 Å². The Bertz CT molecular complexity index is 1210. The van der Waals surface area contributed by atoms with Crippen LogP contribution in [0.1, 0.15) is 43.3 Å². The van der Waals surface area contributed by atoms with Crippen LogP contribution in [0.5, 0.6) is 5.88 Å². The van der Waals surface area contributed by atoms with Gasteiger partial charge in [-0.3, -0.25) is 4.79 Å². The fourth-order valence-electron chi connectivity index (χ4n) is 4.71. The zero-order valence-corrected chi connectivity index (χ0v) is 18.7. The summed E-state index contributed by atoms with van der Waals surface area (Å²) in [6.45, 7) is 0. The minimum Gasteiger partial charge on any atom is -0.473 e. The predicted octanol–water partition coefficient (Wildman–Crippen LogP) is 2.74. The Morgan fingerprint density at radius 2 is 2.00 bits per heavy atom. The minimum atomic E-state index is -0.135. The lowest BCUT2D eigenvalue weighted by molar-refractivity contribution is 0.126. The van der Waals surface area contributed by atoms with E-state index in [2.05, 4.69) is 49.9 Å². The summed E-state index contributed by atoms with van der Waals surface area (Å²) in [6, 6.07) is 5.83. The van der Waals surface area contributed by atoms with Crippen LogP contribution in [0.3, 0.4) is 0 Å². The third-order valence-electron chi connectivity index (χ3n) is 6.45. The first-order valence-electron chi connectivity index (χ1n) is 11.1. The van der Waals surface area contributed by atoms with Gasteiger partial charge in [-0.25, -0.2) is 15.1 Å². The van der Waals surface area contributed by atoms with Gasteiger partial charge in [-0.2, -0.15) is 0 Å². The second kappa shape index (κ2) is 8.31. The van der Waals surface area contributed by atoms with Crippen molar-refractivity contribution in [3.05, 3.63) is 58.8 Å². The number of nitrogens with zero attached hydrogens (tertiary/aromatic N) is 5. The predicted molar refractivity (Wildman–Crippen MR) is 123 cm³/mol. The Balaban J connectivity index is 1.37. The van der Waals surface area contributed by atoms with Crippen molar-refractivity contribution in [2.45, 2.75) is 43.9 Å². The molecule has 9 heteroatoms. The first-order chi connectivity index (χ1) is 15.5. The lowest BCUT2D eigenvalue weighted by atomic mass is 9.92. The van der Waals surface area contributed by atoms with Gasteiger partial charge in [0.05, 0.1) is 11.6 Å². The maximum absolute atomic E-state index is 11.6. The van der Waals surface area contributed by atoms with E-state index in [1.54, 1.807) is 13.1 Å². The van der Waals surface area contributed by atoms with Gasteiger partial charge in [0.25, 0.3) is 5.56 Å². The second-order valence-electron chi connectivity index (χ2n) is 8.57. The largest absolute Gasteiger partial charge is 0.473 e. The molecule has 0 amide bonds. The molecule has 1 saturated carbocycles. The van der Waals surface area contributed by atoms with E-state index in [4.69, 9.17) is 4.74 Å². The summed E-state index contributed by atoms with van der Waals surface area (Å²) < 4.78 is 9.80. The van der Waals surface area contributed by atoms with Gasteiger partial charge in [0.15, 0.2) is 0 Å². The molecule has 168 valence electrons. The van der Waals surface area contributed by atoms with Gasteiger partial charge in [0, 0.05) is 74.9 Å². The molecule has 2 aliphatic rings. The molecule has 2 N–H and O–H groups in total. The van der Waals surface area contributed by atoms with Crippen molar-refractivity contribution in [3.8, 4) is 5.88 Å². The average Bonchev–Trinajstić information content (AvgIpc) is 3.40. The number of ether oxygens (including phenoxy) is 1. The van der Waals surface area contributed by atoms with Crippen LogP contribution in [-0.4, -0.2) is 44.5 Å². The maximum atomic E-state index is 11.6. The maximum Gasteiger partial charge on any atom is 0.266 e. The summed E-state index contributed by atoms with van der Waals surface area (Å²) in [5.74, 6) is 1.38. The van der Waals surface area contributed by atoms with E-state index in [1.165, 1.54) is 27.2 Å². The molecular weight excluding hydrogens is 406 g/mol. The highest BCUT2D eigenvalue weighted by molar-refractivity contribution is 5.86. The van der Waals surface area contributed by atoms with Crippen LogP contribution in [0, 0.1) is 0 Å². The van der Waals surface area contributed by atoms with Crippen LogP contribution in [0.25, 0.3) is 10.9 Å². The standard InChI is InChI=1S/C23H29N7O2/c1-24-21-12-20-17(13-25-21)18(19-10-11-28(2)26-19)14-30(20)15-4-6-16(7-5-15)32-22-8-9-23(31)29(3)27-22/h8-16,19,26H,4-7H2,1-3H3,(H,24,25). The molecule has 4 heterocycles. The Morgan fingerprint density at radius 1 is 1.19 bits per heavy atom. The van der Waals surface area contributed by atoms with Gasteiger partial charge < -0.3 is 19.6 Å². The summed E-state index contributed by atoms with van der Waals surface area (Å²) in [6.07, 6.45) is 12.5. The van der Waals surface area contributed by atoms with Crippen LogP contribution in [0.15, 0.2) is 47.7 Å². The summed E-state index contributed by atoms with van der Waals surface area (Å²) in [5, 5.41) is 10.5. The van der Waals surface area contributed by atoms with E-state index in [0.717, 1.165) is 31.5 Å². The fourth-order valence-corrected chi connectivity index (χ4v) is 4.71. The zero-order chi connectivity index (χ0) is 22.2. The van der Waals surface area contributed by atoms with Crippen molar-refractivity contribution in [3.63, 3.8) is 0 Å². The van der Waals surface area contributed by atoms with Crippen molar-refractivity contribution in [1.29, 1.82) is 0 Å². The van der Waals surface area contributed by atoms with Gasteiger partial charge in [-0.15, -0.1) is 5.10 Å². The summed E-state index contributed by atoms with van der Waals surface area (Å²) in [7, 11) is 5.55. The van der Waals surface area contributed by atoms with Gasteiger partial charge >= 0.3 is 0 Å². The molecule has 5 rings (SSSR count).